The Balaban J connectivity index is 1.29. The summed E-state index contributed by atoms with van der Waals surface area (Å²) >= 11 is 0. The zero-order valence-electron chi connectivity index (χ0n) is 28.8. The van der Waals surface area contributed by atoms with Gasteiger partial charge in [-0.1, -0.05) is 92.3 Å². The summed E-state index contributed by atoms with van der Waals surface area (Å²) in [5, 5.41) is 7.60. The van der Waals surface area contributed by atoms with E-state index in [1.165, 1.54) is 71.1 Å². The fourth-order valence-corrected chi connectivity index (χ4v) is 8.41. The van der Waals surface area contributed by atoms with Crippen LogP contribution < -0.4 is 4.74 Å². The largest absolute Gasteiger partial charge is 0.481 e. The first kappa shape index (κ1) is 30.8. The molecule has 7 aromatic rings. The molecule has 2 aromatic heterocycles. The summed E-state index contributed by atoms with van der Waals surface area (Å²) in [6.07, 6.45) is 8.64. The summed E-state index contributed by atoms with van der Waals surface area (Å²) in [5.74, 6) is 16.9. The first-order valence-electron chi connectivity index (χ1n) is 17.3. The molecule has 0 spiro atoms. The van der Waals surface area contributed by atoms with Crippen molar-refractivity contribution in [3.8, 4) is 41.8 Å². The number of para-hydroxylation sites is 1. The number of ether oxygens (including phenoxy) is 1. The van der Waals surface area contributed by atoms with Gasteiger partial charge in [0, 0.05) is 21.5 Å². The Kier molecular flexibility index (Phi) is 7.63. The third-order valence-corrected chi connectivity index (χ3v) is 10.9. The number of fused-ring (bicyclic) bond motifs is 10. The Labute approximate surface area is 288 Å². The Bertz CT molecular complexity index is 2620. The number of nitrogens with zero attached hydrogens (tertiary/aromatic N) is 2. The third kappa shape index (κ3) is 5.03. The first-order chi connectivity index (χ1) is 23.9. The number of aryl methyl sites for hydroxylation is 1. The summed E-state index contributed by atoms with van der Waals surface area (Å²) in [6, 6.07) is 31.5. The second-order valence-corrected chi connectivity index (χ2v) is 14.0. The van der Waals surface area contributed by atoms with Crippen LogP contribution in [0.25, 0.3) is 54.4 Å². The van der Waals surface area contributed by atoms with E-state index < -0.39 is 0 Å². The topological polar surface area (TPSA) is 19.1 Å². The third-order valence-electron chi connectivity index (χ3n) is 10.9. The van der Waals surface area contributed by atoms with Crippen molar-refractivity contribution < 1.29 is 4.74 Å². The van der Waals surface area contributed by atoms with Crippen molar-refractivity contribution in [2.45, 2.75) is 66.0 Å². The number of benzene rings is 5. The second-order valence-electron chi connectivity index (χ2n) is 14.0. The molecule has 3 nitrogen and oxygen atoms in total. The number of aromatic nitrogens is 2. The smallest absolute Gasteiger partial charge is 0.148 e. The van der Waals surface area contributed by atoms with Crippen LogP contribution in [0.4, 0.5) is 0 Å². The second kappa shape index (κ2) is 12.2. The fraction of sp³-hybridized carbons (Fsp3) is 0.261. The molecule has 1 unspecified atom stereocenters. The molecule has 5 aromatic carbocycles. The molecule has 8 rings (SSSR count). The van der Waals surface area contributed by atoms with Crippen LogP contribution in [-0.4, -0.2) is 15.7 Å². The van der Waals surface area contributed by atoms with Gasteiger partial charge in [0.1, 0.15) is 12.4 Å². The Morgan fingerprint density at radius 3 is 2.16 bits per heavy atom. The monoisotopic (exact) mass is 636 g/mol. The molecule has 0 fully saturated rings. The highest BCUT2D eigenvalue weighted by atomic mass is 16.5. The number of rotatable bonds is 6. The van der Waals surface area contributed by atoms with Gasteiger partial charge in [0.05, 0.1) is 35.2 Å². The average Bonchev–Trinajstić information content (AvgIpc) is 3.61. The SMILES string of the molecule is C#CCOc1ccc2c3c(ccc2c1)C(Cc1ccc2c4ccc5c6ccccc6n(CC#CC)c5c4n(CC#CC)c2c1)C(C)(C)CC3. The van der Waals surface area contributed by atoms with E-state index >= 15 is 0 Å². The molecule has 0 N–H and O–H groups in total. The van der Waals surface area contributed by atoms with Crippen molar-refractivity contribution >= 4 is 54.4 Å². The molecular formula is C46H40N2O. The van der Waals surface area contributed by atoms with Crippen molar-refractivity contribution in [2.24, 2.45) is 5.41 Å². The quantitative estimate of drug-likeness (QED) is 0.166. The predicted molar refractivity (Wildman–Crippen MR) is 206 cm³/mol. The van der Waals surface area contributed by atoms with E-state index in [-0.39, 0.29) is 12.0 Å². The van der Waals surface area contributed by atoms with Gasteiger partial charge in [0.25, 0.3) is 0 Å². The van der Waals surface area contributed by atoms with E-state index in [0.717, 1.165) is 25.0 Å². The van der Waals surface area contributed by atoms with Gasteiger partial charge in [-0.15, -0.1) is 18.3 Å². The predicted octanol–water partition coefficient (Wildman–Crippen LogP) is 10.4. The first-order valence-corrected chi connectivity index (χ1v) is 17.3. The van der Waals surface area contributed by atoms with Crippen LogP contribution in [0.2, 0.25) is 0 Å². The lowest BCUT2D eigenvalue weighted by Gasteiger charge is -2.41. The molecule has 240 valence electrons. The lowest BCUT2D eigenvalue weighted by Crippen LogP contribution is -2.30. The maximum absolute atomic E-state index is 5.74. The summed E-state index contributed by atoms with van der Waals surface area (Å²) in [7, 11) is 0. The highest BCUT2D eigenvalue weighted by Gasteiger charge is 2.36. The minimum atomic E-state index is 0.166. The maximum Gasteiger partial charge on any atom is 0.148 e. The molecule has 0 radical (unpaired) electrons. The van der Waals surface area contributed by atoms with Gasteiger partial charge in [-0.3, -0.25) is 0 Å². The van der Waals surface area contributed by atoms with E-state index in [1.807, 2.05) is 13.8 Å². The highest BCUT2D eigenvalue weighted by molar-refractivity contribution is 6.22. The number of hydrogen-bond donors (Lipinski definition) is 0. The van der Waals surface area contributed by atoms with Crippen molar-refractivity contribution in [1.82, 2.24) is 9.13 Å². The molecule has 0 amide bonds. The van der Waals surface area contributed by atoms with Gasteiger partial charge < -0.3 is 13.9 Å². The molecule has 1 aliphatic carbocycles. The van der Waals surface area contributed by atoms with E-state index in [4.69, 9.17) is 11.2 Å². The van der Waals surface area contributed by atoms with Gasteiger partial charge in [0.2, 0.25) is 0 Å². The molecule has 1 aliphatic rings. The standard InChI is InChI=1S/C46H40N2O/c1-6-9-25-47-42-14-12-11-13-37(42)39-21-22-40-38-18-15-31(29-43(38)48(26-10-7-2)45(40)44(39)47)28-41-36-19-16-32-30-33(49-27-8-3)17-20-34(32)35(36)23-24-46(41,4)5/h3,11-22,29-30,41H,23-28H2,1-2,4-5H3. The van der Waals surface area contributed by atoms with Crippen LogP contribution in [0, 0.1) is 41.4 Å². The Morgan fingerprint density at radius 1 is 0.755 bits per heavy atom. The molecule has 0 saturated carbocycles. The minimum absolute atomic E-state index is 0.166. The minimum Gasteiger partial charge on any atom is -0.481 e. The average molecular weight is 637 g/mol. The van der Waals surface area contributed by atoms with Crippen molar-refractivity contribution in [3.05, 3.63) is 102 Å². The summed E-state index contributed by atoms with van der Waals surface area (Å²) in [5.41, 5.74) is 9.41. The van der Waals surface area contributed by atoms with Crippen molar-refractivity contribution in [1.29, 1.82) is 0 Å². The van der Waals surface area contributed by atoms with Gasteiger partial charge >= 0.3 is 0 Å². The molecular weight excluding hydrogens is 597 g/mol. The number of hydrogen-bond acceptors (Lipinski definition) is 1. The van der Waals surface area contributed by atoms with Crippen molar-refractivity contribution in [2.75, 3.05) is 6.61 Å². The molecule has 49 heavy (non-hydrogen) atoms. The Morgan fingerprint density at radius 2 is 1.43 bits per heavy atom. The van der Waals surface area contributed by atoms with Crippen LogP contribution in [0.5, 0.6) is 5.75 Å². The van der Waals surface area contributed by atoms with E-state index in [1.54, 1.807) is 0 Å². The highest BCUT2D eigenvalue weighted by Crippen LogP contribution is 2.49. The molecule has 2 heterocycles. The zero-order valence-corrected chi connectivity index (χ0v) is 28.8. The molecule has 0 bridgehead atoms. The Hall–Kier alpha value is -5.56. The summed E-state index contributed by atoms with van der Waals surface area (Å²) < 4.78 is 10.6. The fourth-order valence-electron chi connectivity index (χ4n) is 8.41. The van der Waals surface area contributed by atoms with Crippen LogP contribution in [0.3, 0.4) is 0 Å². The van der Waals surface area contributed by atoms with Gasteiger partial charge in [-0.05, 0) is 96.2 Å². The number of terminal acetylenes is 1. The van der Waals surface area contributed by atoms with Crippen molar-refractivity contribution in [3.63, 3.8) is 0 Å². The van der Waals surface area contributed by atoms with E-state index in [2.05, 4.69) is 138 Å². The van der Waals surface area contributed by atoms with Crippen LogP contribution in [-0.2, 0) is 25.9 Å². The molecule has 0 aliphatic heterocycles. The van der Waals surface area contributed by atoms with E-state index in [9.17, 15) is 0 Å². The maximum atomic E-state index is 5.74. The molecule has 1 atom stereocenters. The van der Waals surface area contributed by atoms with Crippen LogP contribution >= 0.6 is 0 Å². The normalized spacial score (nSPS) is 15.1. The molecule has 0 saturated heterocycles. The summed E-state index contributed by atoms with van der Waals surface area (Å²) in [6.45, 7) is 10.3. The lowest BCUT2D eigenvalue weighted by molar-refractivity contribution is 0.243. The van der Waals surface area contributed by atoms with Gasteiger partial charge in [-0.2, -0.15) is 0 Å². The molecule has 3 heteroatoms. The van der Waals surface area contributed by atoms with Gasteiger partial charge in [0.15, 0.2) is 0 Å². The van der Waals surface area contributed by atoms with Crippen LogP contribution in [0.15, 0.2) is 84.9 Å². The lowest BCUT2D eigenvalue weighted by atomic mass is 9.63. The summed E-state index contributed by atoms with van der Waals surface area (Å²) in [4.78, 5) is 0. The van der Waals surface area contributed by atoms with Crippen LogP contribution in [0.1, 0.15) is 56.7 Å². The van der Waals surface area contributed by atoms with E-state index in [0.29, 0.717) is 19.0 Å². The zero-order chi connectivity index (χ0) is 33.7. The van der Waals surface area contributed by atoms with Gasteiger partial charge in [-0.25, -0.2) is 0 Å².